The summed E-state index contributed by atoms with van der Waals surface area (Å²) in [5.41, 5.74) is -0.982. The van der Waals surface area contributed by atoms with Crippen molar-refractivity contribution in [3.63, 3.8) is 0 Å². The van der Waals surface area contributed by atoms with Crippen molar-refractivity contribution >= 4 is 5.69 Å². The zero-order valence-corrected chi connectivity index (χ0v) is 7.11. The van der Waals surface area contributed by atoms with E-state index in [0.717, 1.165) is 19.2 Å². The third-order valence-corrected chi connectivity index (χ3v) is 1.48. The van der Waals surface area contributed by atoms with Gasteiger partial charge in [-0.1, -0.05) is 0 Å². The van der Waals surface area contributed by atoms with Gasteiger partial charge in [0, 0.05) is 6.07 Å². The molecule has 0 N–H and O–H groups in total. The maximum Gasteiger partial charge on any atom is 0.330 e. The van der Waals surface area contributed by atoms with E-state index in [-0.39, 0.29) is 0 Å². The second kappa shape index (κ2) is 3.95. The van der Waals surface area contributed by atoms with E-state index in [2.05, 4.69) is 9.72 Å². The van der Waals surface area contributed by atoms with Crippen molar-refractivity contribution < 1.29 is 18.4 Å². The minimum atomic E-state index is -2.77. The molecular formula is C7H6F2N2O3. The lowest BCUT2D eigenvalue weighted by molar-refractivity contribution is -0.386. The van der Waals surface area contributed by atoms with E-state index in [1.54, 1.807) is 0 Å². The molecule has 1 aromatic heterocycles. The summed E-state index contributed by atoms with van der Waals surface area (Å²) in [4.78, 5) is 12.9. The number of pyridine rings is 1. The molecule has 1 aromatic rings. The van der Waals surface area contributed by atoms with Crippen molar-refractivity contribution in [3.8, 4) is 5.88 Å². The quantitative estimate of drug-likeness (QED) is 0.557. The predicted octanol–water partition coefficient (Wildman–Crippen LogP) is 1.94. The lowest BCUT2D eigenvalue weighted by Gasteiger charge is -2.02. The molecule has 14 heavy (non-hydrogen) atoms. The molecule has 0 fully saturated rings. The number of halogens is 2. The van der Waals surface area contributed by atoms with E-state index in [9.17, 15) is 18.9 Å². The highest BCUT2D eigenvalue weighted by Gasteiger charge is 2.19. The molecule has 0 amide bonds. The van der Waals surface area contributed by atoms with Gasteiger partial charge in [-0.25, -0.2) is 13.8 Å². The molecule has 1 heterocycles. The number of hydrogen-bond donors (Lipinski definition) is 0. The van der Waals surface area contributed by atoms with Crippen LogP contribution in [0, 0.1) is 10.1 Å². The number of ether oxygens (including phenoxy) is 1. The molecule has 0 aliphatic rings. The Morgan fingerprint density at radius 2 is 2.21 bits per heavy atom. The van der Waals surface area contributed by atoms with Crippen molar-refractivity contribution in [1.29, 1.82) is 0 Å². The van der Waals surface area contributed by atoms with E-state index in [1.165, 1.54) is 0 Å². The molecule has 0 aromatic carbocycles. The number of nitrogens with zero attached hydrogens (tertiary/aromatic N) is 2. The fraction of sp³-hybridized carbons (Fsp3) is 0.286. The van der Waals surface area contributed by atoms with Gasteiger partial charge in [0.25, 0.3) is 12.3 Å². The molecule has 0 radical (unpaired) electrons. The van der Waals surface area contributed by atoms with Gasteiger partial charge < -0.3 is 4.74 Å². The zero-order chi connectivity index (χ0) is 10.7. The molecule has 0 saturated carbocycles. The third-order valence-electron chi connectivity index (χ3n) is 1.48. The highest BCUT2D eigenvalue weighted by molar-refractivity contribution is 5.41. The van der Waals surface area contributed by atoms with Crippen LogP contribution < -0.4 is 4.74 Å². The van der Waals surface area contributed by atoms with Crippen LogP contribution in [0.4, 0.5) is 14.5 Å². The van der Waals surface area contributed by atoms with Crippen LogP contribution in [0.3, 0.4) is 0 Å². The molecule has 1 rings (SSSR count). The first-order chi connectivity index (χ1) is 6.56. The summed E-state index contributed by atoms with van der Waals surface area (Å²) in [7, 11) is 1.13. The molecule has 0 aliphatic heterocycles. The molecular weight excluding hydrogens is 198 g/mol. The van der Waals surface area contributed by atoms with E-state index in [4.69, 9.17) is 0 Å². The lowest BCUT2D eigenvalue weighted by Crippen LogP contribution is -1.99. The Kier molecular flexibility index (Phi) is 2.90. The number of hydrogen-bond acceptors (Lipinski definition) is 4. The maximum absolute atomic E-state index is 12.1. The Hall–Kier alpha value is -1.79. The summed E-state index contributed by atoms with van der Waals surface area (Å²) in [6.07, 6.45) is -2.77. The highest BCUT2D eigenvalue weighted by Crippen LogP contribution is 2.27. The van der Waals surface area contributed by atoms with E-state index in [1.807, 2.05) is 0 Å². The van der Waals surface area contributed by atoms with Crippen LogP contribution >= 0.6 is 0 Å². The first-order valence-corrected chi connectivity index (χ1v) is 3.53. The van der Waals surface area contributed by atoms with Crippen molar-refractivity contribution in [3.05, 3.63) is 27.9 Å². The smallest absolute Gasteiger partial charge is 0.330 e. The minimum absolute atomic E-state index is 0.409. The van der Waals surface area contributed by atoms with E-state index < -0.39 is 28.6 Å². The van der Waals surface area contributed by atoms with Crippen LogP contribution in [0.1, 0.15) is 12.1 Å². The zero-order valence-electron chi connectivity index (χ0n) is 7.11. The van der Waals surface area contributed by atoms with Gasteiger partial charge in [0.1, 0.15) is 5.69 Å². The molecule has 0 unspecified atom stereocenters. The van der Waals surface area contributed by atoms with Crippen molar-refractivity contribution in [1.82, 2.24) is 4.98 Å². The van der Waals surface area contributed by atoms with Gasteiger partial charge in [-0.05, 0) is 6.07 Å². The second-order valence-corrected chi connectivity index (χ2v) is 2.32. The fourth-order valence-corrected chi connectivity index (χ4v) is 0.858. The molecule has 0 bridgehead atoms. The van der Waals surface area contributed by atoms with Gasteiger partial charge in [0.15, 0.2) is 0 Å². The van der Waals surface area contributed by atoms with Crippen LogP contribution in [0.25, 0.3) is 0 Å². The summed E-state index contributed by atoms with van der Waals surface area (Å²) in [6, 6.07) is 1.83. The Balaban J connectivity index is 3.18. The van der Waals surface area contributed by atoms with Gasteiger partial charge in [-0.3, -0.25) is 10.1 Å². The van der Waals surface area contributed by atoms with Crippen LogP contribution in [0.2, 0.25) is 0 Å². The van der Waals surface area contributed by atoms with Gasteiger partial charge >= 0.3 is 5.69 Å². The molecule has 0 saturated heterocycles. The number of methoxy groups -OCH3 is 1. The second-order valence-electron chi connectivity index (χ2n) is 2.32. The molecule has 0 spiro atoms. The number of rotatable bonds is 3. The average Bonchev–Trinajstić information content (AvgIpc) is 2.16. The Bertz CT molecular complexity index is 357. The minimum Gasteiger partial charge on any atom is -0.476 e. The highest BCUT2D eigenvalue weighted by atomic mass is 19.3. The van der Waals surface area contributed by atoms with Crippen LogP contribution in [0.15, 0.2) is 12.1 Å². The van der Waals surface area contributed by atoms with Crippen LogP contribution in [-0.4, -0.2) is 17.0 Å². The van der Waals surface area contributed by atoms with Gasteiger partial charge in [-0.15, -0.1) is 0 Å². The topological polar surface area (TPSA) is 65.3 Å². The Morgan fingerprint density at radius 3 is 2.64 bits per heavy atom. The Labute approximate surface area is 77.5 Å². The van der Waals surface area contributed by atoms with E-state index in [0.29, 0.717) is 0 Å². The summed E-state index contributed by atoms with van der Waals surface area (Å²) in [6.45, 7) is 0. The first kappa shape index (κ1) is 10.3. The lowest BCUT2D eigenvalue weighted by atomic mass is 10.3. The molecule has 76 valence electrons. The standard InChI is InChI=1S/C7H6F2N2O3/c1-14-7-5(11(12)13)3-2-4(10-7)6(8)9/h2-3,6H,1H3. The summed E-state index contributed by atoms with van der Waals surface area (Å²) in [5.74, 6) is -0.409. The average molecular weight is 204 g/mol. The maximum atomic E-state index is 12.1. The normalized spacial score (nSPS) is 10.3. The number of nitro groups is 1. The Morgan fingerprint density at radius 1 is 1.57 bits per heavy atom. The SMILES string of the molecule is COc1nc(C(F)F)ccc1[N+](=O)[O-]. The van der Waals surface area contributed by atoms with Crippen molar-refractivity contribution in [2.75, 3.05) is 7.11 Å². The number of alkyl halides is 2. The number of aromatic nitrogens is 1. The summed E-state index contributed by atoms with van der Waals surface area (Å²) >= 11 is 0. The summed E-state index contributed by atoms with van der Waals surface area (Å²) in [5, 5.41) is 10.4. The van der Waals surface area contributed by atoms with Crippen LogP contribution in [0.5, 0.6) is 5.88 Å². The van der Waals surface area contributed by atoms with Gasteiger partial charge in [-0.2, -0.15) is 0 Å². The van der Waals surface area contributed by atoms with Crippen molar-refractivity contribution in [2.24, 2.45) is 0 Å². The first-order valence-electron chi connectivity index (χ1n) is 3.53. The monoisotopic (exact) mass is 204 g/mol. The molecule has 0 aliphatic carbocycles. The van der Waals surface area contributed by atoms with Crippen molar-refractivity contribution in [2.45, 2.75) is 6.43 Å². The van der Waals surface area contributed by atoms with Gasteiger partial charge in [0.2, 0.25) is 0 Å². The molecule has 5 nitrogen and oxygen atoms in total. The van der Waals surface area contributed by atoms with Crippen LogP contribution in [-0.2, 0) is 0 Å². The molecule has 0 atom stereocenters. The van der Waals surface area contributed by atoms with E-state index >= 15 is 0 Å². The third kappa shape index (κ3) is 1.93. The summed E-state index contributed by atoms with van der Waals surface area (Å²) < 4.78 is 28.8. The molecule has 7 heteroatoms. The predicted molar refractivity (Wildman–Crippen MR) is 42.4 cm³/mol. The fourth-order valence-electron chi connectivity index (χ4n) is 0.858. The largest absolute Gasteiger partial charge is 0.476 e. The van der Waals surface area contributed by atoms with Gasteiger partial charge in [0.05, 0.1) is 12.0 Å².